The number of methoxy groups -OCH3 is 2. The van der Waals surface area contributed by atoms with Crippen LogP contribution < -0.4 is 0 Å². The first kappa shape index (κ1) is 40.9. The molecule has 0 atom stereocenters. The van der Waals surface area contributed by atoms with Crippen molar-refractivity contribution in [1.82, 2.24) is 4.90 Å². The third-order valence-electron chi connectivity index (χ3n) is 3.20. The zero-order valence-electron chi connectivity index (χ0n) is 23.6. The second-order valence-corrected chi connectivity index (χ2v) is 7.54. The number of hydrogen-bond acceptors (Lipinski definition) is 11. The maximum Gasteiger partial charge on any atom is 0.333 e. The van der Waals surface area contributed by atoms with Gasteiger partial charge < -0.3 is 33.7 Å². The zero-order valence-corrected chi connectivity index (χ0v) is 23.6. The lowest BCUT2D eigenvalue weighted by molar-refractivity contribution is -0.140. The third kappa shape index (κ3) is 35.0. The van der Waals surface area contributed by atoms with Crippen LogP contribution in [0.25, 0.3) is 0 Å². The van der Waals surface area contributed by atoms with Gasteiger partial charge in [0.15, 0.2) is 0 Å². The number of aliphatic hydroxyl groups is 1. The molecular formula is C26H45NO10. The summed E-state index contributed by atoms with van der Waals surface area (Å²) in [6.07, 6.45) is 0. The third-order valence-corrected chi connectivity index (χ3v) is 3.20. The molecular weight excluding hydrogens is 486 g/mol. The lowest BCUT2D eigenvalue weighted by atomic mass is 10.4. The Morgan fingerprint density at radius 2 is 0.973 bits per heavy atom. The molecule has 0 aliphatic carbocycles. The minimum Gasteiger partial charge on any atom is -0.466 e. The van der Waals surface area contributed by atoms with Crippen molar-refractivity contribution in [2.24, 2.45) is 0 Å². The maximum absolute atomic E-state index is 10.8. The molecule has 0 aliphatic rings. The monoisotopic (exact) mass is 531 g/mol. The quantitative estimate of drug-likeness (QED) is 0.172. The number of esters is 4. The highest BCUT2D eigenvalue weighted by Gasteiger charge is 2.02. The highest BCUT2D eigenvalue weighted by atomic mass is 16.6. The van der Waals surface area contributed by atoms with Crippen LogP contribution in [0.2, 0.25) is 0 Å². The molecule has 37 heavy (non-hydrogen) atoms. The van der Waals surface area contributed by atoms with Crippen molar-refractivity contribution >= 4 is 23.9 Å². The van der Waals surface area contributed by atoms with E-state index >= 15 is 0 Å². The van der Waals surface area contributed by atoms with Gasteiger partial charge in [-0.3, -0.25) is 0 Å². The Kier molecular flexibility index (Phi) is 30.2. The smallest absolute Gasteiger partial charge is 0.333 e. The molecule has 0 aromatic rings. The maximum atomic E-state index is 10.8. The van der Waals surface area contributed by atoms with Crippen molar-refractivity contribution in [1.29, 1.82) is 0 Å². The Morgan fingerprint density at radius 3 is 1.22 bits per heavy atom. The van der Waals surface area contributed by atoms with Crippen LogP contribution in [0.1, 0.15) is 27.7 Å². The lowest BCUT2D eigenvalue weighted by Gasteiger charge is -2.09. The fraction of sp³-hybridized carbons (Fsp3) is 0.538. The summed E-state index contributed by atoms with van der Waals surface area (Å²) in [5.74, 6) is -1.48. The number of hydrogen-bond donors (Lipinski definition) is 1. The average molecular weight is 532 g/mol. The minimum absolute atomic E-state index is 0.0473. The Labute approximate surface area is 221 Å². The van der Waals surface area contributed by atoms with Gasteiger partial charge in [0.05, 0.1) is 20.3 Å². The molecule has 11 nitrogen and oxygen atoms in total. The van der Waals surface area contributed by atoms with E-state index < -0.39 is 5.97 Å². The fourth-order valence-corrected chi connectivity index (χ4v) is 1.22. The molecule has 0 aromatic heterocycles. The van der Waals surface area contributed by atoms with Crippen molar-refractivity contribution in [3.05, 3.63) is 48.6 Å². The van der Waals surface area contributed by atoms with Crippen LogP contribution >= 0.6 is 0 Å². The van der Waals surface area contributed by atoms with Gasteiger partial charge in [-0.1, -0.05) is 26.3 Å². The van der Waals surface area contributed by atoms with E-state index in [0.29, 0.717) is 42.1 Å². The van der Waals surface area contributed by atoms with Crippen LogP contribution in [0.3, 0.4) is 0 Å². The van der Waals surface area contributed by atoms with Crippen LogP contribution in [0.4, 0.5) is 0 Å². The highest BCUT2D eigenvalue weighted by Crippen LogP contribution is 1.92. The Hall–Kier alpha value is -3.28. The first-order valence-corrected chi connectivity index (χ1v) is 11.0. The first-order chi connectivity index (χ1) is 17.1. The van der Waals surface area contributed by atoms with Gasteiger partial charge in [-0.15, -0.1) is 0 Å². The van der Waals surface area contributed by atoms with Crippen molar-refractivity contribution in [3.63, 3.8) is 0 Å². The summed E-state index contributed by atoms with van der Waals surface area (Å²) in [6.45, 7) is 21.8. The number of nitrogens with zero attached hydrogens (tertiary/aromatic N) is 1. The molecule has 0 aromatic carbocycles. The summed E-state index contributed by atoms with van der Waals surface area (Å²) in [7, 11) is 6.73. The van der Waals surface area contributed by atoms with Crippen LogP contribution in [-0.4, -0.2) is 102 Å². The summed E-state index contributed by atoms with van der Waals surface area (Å²) in [5.41, 5.74) is 1.64. The van der Waals surface area contributed by atoms with Crippen LogP contribution in [0.5, 0.6) is 0 Å². The molecule has 0 spiro atoms. The molecule has 11 heteroatoms. The van der Waals surface area contributed by atoms with Gasteiger partial charge in [0.2, 0.25) is 0 Å². The second-order valence-electron chi connectivity index (χ2n) is 7.54. The van der Waals surface area contributed by atoms with E-state index in [1.54, 1.807) is 34.8 Å². The predicted octanol–water partition coefficient (Wildman–Crippen LogP) is 2.25. The molecule has 0 aliphatic heterocycles. The van der Waals surface area contributed by atoms with Gasteiger partial charge in [0, 0.05) is 35.9 Å². The molecule has 0 fully saturated rings. The van der Waals surface area contributed by atoms with E-state index in [4.69, 9.17) is 9.84 Å². The highest BCUT2D eigenvalue weighted by molar-refractivity contribution is 5.88. The largest absolute Gasteiger partial charge is 0.466 e. The topological polar surface area (TPSA) is 138 Å². The van der Waals surface area contributed by atoms with Gasteiger partial charge in [-0.05, 0) is 41.8 Å². The number of carbonyl (C=O) groups excluding carboxylic acids is 4. The summed E-state index contributed by atoms with van der Waals surface area (Å²) in [6, 6.07) is 0. The number of rotatable bonds is 12. The molecule has 0 radical (unpaired) electrons. The summed E-state index contributed by atoms with van der Waals surface area (Å²) in [5, 5.41) is 8.19. The van der Waals surface area contributed by atoms with E-state index in [1.807, 2.05) is 19.0 Å². The number of likely N-dealkylation sites (N-methyl/N-ethyl adjacent to an activating group) is 1. The molecule has 0 unspecified atom stereocenters. The van der Waals surface area contributed by atoms with E-state index in [1.165, 1.54) is 7.11 Å². The van der Waals surface area contributed by atoms with E-state index in [-0.39, 0.29) is 31.1 Å². The van der Waals surface area contributed by atoms with Gasteiger partial charge in [-0.2, -0.15) is 0 Å². The van der Waals surface area contributed by atoms with Crippen molar-refractivity contribution in [2.45, 2.75) is 27.7 Å². The van der Waals surface area contributed by atoms with Crippen LogP contribution in [0, 0.1) is 0 Å². The fourth-order valence-electron chi connectivity index (χ4n) is 1.22. The van der Waals surface area contributed by atoms with E-state index in [2.05, 4.69) is 45.3 Å². The minimum atomic E-state index is -0.455. The van der Waals surface area contributed by atoms with E-state index in [0.717, 1.165) is 6.54 Å². The molecule has 214 valence electrons. The summed E-state index contributed by atoms with van der Waals surface area (Å²) >= 11 is 0. The number of ether oxygens (including phenoxy) is 5. The molecule has 0 saturated carbocycles. The Morgan fingerprint density at radius 1 is 0.622 bits per heavy atom. The normalized spacial score (nSPS) is 8.92. The molecule has 1 N–H and O–H groups in total. The molecule has 0 saturated heterocycles. The van der Waals surface area contributed by atoms with Crippen molar-refractivity contribution in [2.75, 3.05) is 67.9 Å². The van der Waals surface area contributed by atoms with Gasteiger partial charge in [0.25, 0.3) is 0 Å². The molecule has 0 amide bonds. The molecule has 0 bridgehead atoms. The van der Waals surface area contributed by atoms with E-state index in [9.17, 15) is 19.2 Å². The standard InChI is InChI=1S/C8H15NO2.C7H12O3.C6H10O3.C5H8O2/c1-7(2)8(10)11-6-5-9(3)4;1-6(2)7(8)10-5-4-9-3;1-5(2)6(8)9-4-3-7;1-4(2)5(6)7-3/h1,5-6H2,2-4H3;1,4-5H2,2-3H3;7H,1,3-4H2,2H3;1H2,2-3H3. The lowest BCUT2D eigenvalue weighted by Crippen LogP contribution is -2.20. The Balaban J connectivity index is -0.000000199. The van der Waals surface area contributed by atoms with Crippen LogP contribution in [0.15, 0.2) is 48.6 Å². The number of aliphatic hydroxyl groups excluding tert-OH is 1. The van der Waals surface area contributed by atoms with Crippen molar-refractivity contribution in [3.8, 4) is 0 Å². The van der Waals surface area contributed by atoms with Crippen LogP contribution in [-0.2, 0) is 42.9 Å². The molecule has 0 rings (SSSR count). The SMILES string of the molecule is C=C(C)C(=O)OC.C=C(C)C(=O)OCCN(C)C.C=C(C)C(=O)OCCO.C=C(C)C(=O)OCCOC. The second kappa shape index (κ2) is 27.3. The number of carbonyl (C=O) groups is 4. The molecule has 0 heterocycles. The zero-order chi connectivity index (χ0) is 30.0. The van der Waals surface area contributed by atoms with Gasteiger partial charge in [-0.25, -0.2) is 19.2 Å². The van der Waals surface area contributed by atoms with Gasteiger partial charge >= 0.3 is 23.9 Å². The van der Waals surface area contributed by atoms with Crippen molar-refractivity contribution < 1.29 is 48.0 Å². The van der Waals surface area contributed by atoms with Gasteiger partial charge in [0.1, 0.15) is 19.8 Å². The first-order valence-electron chi connectivity index (χ1n) is 11.0. The average Bonchev–Trinajstić information content (AvgIpc) is 2.82. The Bertz CT molecular complexity index is 742. The predicted molar refractivity (Wildman–Crippen MR) is 142 cm³/mol. The summed E-state index contributed by atoms with van der Waals surface area (Å²) in [4.78, 5) is 44.0. The summed E-state index contributed by atoms with van der Waals surface area (Å²) < 4.78 is 22.9.